The molecule has 3 nitrogen and oxygen atoms in total. The van der Waals surface area contributed by atoms with Gasteiger partial charge >= 0.3 is 0 Å². The Morgan fingerprint density at radius 3 is 2.88 bits per heavy atom. The van der Waals surface area contributed by atoms with E-state index in [2.05, 4.69) is 23.7 Å². The number of halogens is 2. The highest BCUT2D eigenvalue weighted by atomic mass is 35.5. The Morgan fingerprint density at radius 2 is 2.12 bits per heavy atom. The monoisotopic (exact) mass is 411 g/mol. The first-order valence-electron chi connectivity index (χ1n) is 9.24. The number of quaternary nitrogens is 1. The quantitative estimate of drug-likeness (QED) is 0.677. The van der Waals surface area contributed by atoms with Gasteiger partial charge in [0, 0.05) is 21.5 Å². The summed E-state index contributed by atoms with van der Waals surface area (Å²) in [6.07, 6.45) is 4.49. The number of rotatable bonds is 7. The van der Waals surface area contributed by atoms with Crippen LogP contribution >= 0.6 is 34.5 Å². The third-order valence-corrected chi connectivity index (χ3v) is 6.43. The van der Waals surface area contributed by atoms with Crippen LogP contribution in [0.5, 0.6) is 0 Å². The molecular formula is C20H25Cl2N2OS+. The van der Waals surface area contributed by atoms with Crippen LogP contribution in [0.4, 0.5) is 0 Å². The van der Waals surface area contributed by atoms with Crippen LogP contribution in [0.15, 0.2) is 29.6 Å². The first-order valence-corrected chi connectivity index (χ1v) is 10.9. The second kappa shape index (κ2) is 9.23. The summed E-state index contributed by atoms with van der Waals surface area (Å²) < 4.78 is 0. The summed E-state index contributed by atoms with van der Waals surface area (Å²) in [6.45, 7) is 4.42. The second-order valence-electron chi connectivity index (χ2n) is 6.69. The van der Waals surface area contributed by atoms with Crippen molar-refractivity contribution in [3.8, 4) is 0 Å². The third-order valence-electron chi connectivity index (χ3n) is 4.87. The molecule has 6 heteroatoms. The van der Waals surface area contributed by atoms with Crippen LogP contribution in [-0.2, 0) is 11.2 Å². The third kappa shape index (κ3) is 4.42. The molecule has 0 saturated carbocycles. The fourth-order valence-corrected chi connectivity index (χ4v) is 4.94. The highest BCUT2D eigenvalue weighted by Gasteiger charge is 2.34. The van der Waals surface area contributed by atoms with E-state index >= 15 is 0 Å². The van der Waals surface area contributed by atoms with Crippen LogP contribution in [0, 0.1) is 0 Å². The fraction of sp³-hybridized carbons (Fsp3) is 0.450. The van der Waals surface area contributed by atoms with Crippen molar-refractivity contribution < 1.29 is 10.1 Å². The number of nitrogens with two attached hydrogens (primary N) is 1. The molecule has 2 aromatic rings. The van der Waals surface area contributed by atoms with Gasteiger partial charge in [-0.05, 0) is 54.0 Å². The van der Waals surface area contributed by atoms with Gasteiger partial charge < -0.3 is 10.2 Å². The molecule has 0 aliphatic carbocycles. The van der Waals surface area contributed by atoms with Gasteiger partial charge in [0.25, 0.3) is 5.91 Å². The van der Waals surface area contributed by atoms with Crippen LogP contribution < -0.4 is 5.32 Å². The van der Waals surface area contributed by atoms with Gasteiger partial charge in [0.1, 0.15) is 0 Å². The molecule has 0 bridgehead atoms. The zero-order chi connectivity index (χ0) is 18.5. The molecule has 1 aromatic carbocycles. The van der Waals surface area contributed by atoms with Crippen LogP contribution in [0.1, 0.15) is 48.2 Å². The van der Waals surface area contributed by atoms with Gasteiger partial charge in [-0.2, -0.15) is 0 Å². The fourth-order valence-electron chi connectivity index (χ4n) is 3.53. The molecule has 2 N–H and O–H groups in total. The molecule has 2 heterocycles. The van der Waals surface area contributed by atoms with E-state index in [0.29, 0.717) is 16.6 Å². The number of nitrogens with zero attached hydrogens (tertiary/aromatic N) is 1. The minimum absolute atomic E-state index is 0.119. The minimum atomic E-state index is -0.119. The lowest BCUT2D eigenvalue weighted by atomic mass is 9.93. The topological polar surface area (TPSA) is 36.9 Å². The molecule has 1 amide bonds. The van der Waals surface area contributed by atoms with E-state index in [1.54, 1.807) is 17.4 Å². The molecule has 0 radical (unpaired) electrons. The summed E-state index contributed by atoms with van der Waals surface area (Å²) in [5, 5.41) is 5.46. The van der Waals surface area contributed by atoms with Crippen LogP contribution in [-0.4, -0.2) is 30.4 Å². The Kier molecular flexibility index (Phi) is 6.98. The van der Waals surface area contributed by atoms with Gasteiger partial charge in [-0.15, -0.1) is 11.3 Å². The molecule has 1 aliphatic heterocycles. The second-order valence-corrected chi connectivity index (χ2v) is 8.54. The lowest BCUT2D eigenvalue weighted by molar-refractivity contribution is -0.645. The van der Waals surface area contributed by atoms with Crippen molar-refractivity contribution in [2.75, 3.05) is 19.6 Å². The molecule has 140 valence electrons. The Bertz CT molecular complexity index is 762. The first-order chi connectivity index (χ1) is 12.6. The van der Waals surface area contributed by atoms with Gasteiger partial charge in [-0.1, -0.05) is 42.6 Å². The van der Waals surface area contributed by atoms with E-state index in [4.69, 9.17) is 23.2 Å². The average molecular weight is 412 g/mol. The largest absolute Gasteiger partial charge is 0.338 e. The molecule has 0 spiro atoms. The summed E-state index contributed by atoms with van der Waals surface area (Å²) >= 11 is 14.3. The maximum absolute atomic E-state index is 13.0. The van der Waals surface area contributed by atoms with Gasteiger partial charge in [0.05, 0.1) is 12.6 Å². The number of amides is 1. The van der Waals surface area contributed by atoms with Crippen LogP contribution in [0.3, 0.4) is 0 Å². The Morgan fingerprint density at radius 1 is 1.27 bits per heavy atom. The summed E-state index contributed by atoms with van der Waals surface area (Å²) in [6, 6.07) is 7.57. The van der Waals surface area contributed by atoms with E-state index < -0.39 is 0 Å². The molecule has 1 aromatic heterocycles. The molecule has 1 atom stereocenters. The molecular weight excluding hydrogens is 387 g/mol. The smallest absolute Gasteiger partial charge is 0.278 e. The van der Waals surface area contributed by atoms with Gasteiger partial charge in [0.15, 0.2) is 6.54 Å². The van der Waals surface area contributed by atoms with Crippen molar-refractivity contribution in [2.24, 2.45) is 0 Å². The van der Waals surface area contributed by atoms with Gasteiger partial charge in [-0.3, -0.25) is 4.79 Å². The molecule has 3 rings (SSSR count). The van der Waals surface area contributed by atoms with Gasteiger partial charge in [0.2, 0.25) is 0 Å². The Labute approximate surface area is 169 Å². The predicted molar refractivity (Wildman–Crippen MR) is 109 cm³/mol. The lowest BCUT2D eigenvalue weighted by Gasteiger charge is -2.36. The number of hydrogen-bond acceptors (Lipinski definition) is 2. The summed E-state index contributed by atoms with van der Waals surface area (Å²) in [5.41, 5.74) is 2.15. The maximum atomic E-state index is 13.0. The zero-order valence-corrected chi connectivity index (χ0v) is 17.3. The predicted octanol–water partition coefficient (Wildman–Crippen LogP) is 4.28. The number of hydrogen-bond donors (Lipinski definition) is 1. The summed E-state index contributed by atoms with van der Waals surface area (Å²) in [4.78, 5) is 16.3. The highest BCUT2D eigenvalue weighted by Crippen LogP contribution is 2.40. The highest BCUT2D eigenvalue weighted by molar-refractivity contribution is 7.10. The van der Waals surface area contributed by atoms with Crippen molar-refractivity contribution in [2.45, 2.75) is 38.6 Å². The lowest BCUT2D eigenvalue weighted by Crippen LogP contribution is -2.86. The average Bonchev–Trinajstić information content (AvgIpc) is 3.10. The standard InChI is InChI=1S/C20H24Cl2N2OS/c1-2-3-4-9-23-13-19(25)24-10-7-18-16(8-11-26-18)20(24)15-6-5-14(21)12-17(15)22/h5-6,8,11-12,20,23H,2-4,7,9-10,13H2,1H3/p+1/t20-/m0/s1. The SMILES string of the molecule is CCCCC[NH2+]CC(=O)N1CCc2sccc2[C@@H]1c1ccc(Cl)cc1Cl. The number of carbonyl (C=O) groups excluding carboxylic acids is 1. The van der Waals surface area contributed by atoms with E-state index in [1.165, 1.54) is 23.3 Å². The maximum Gasteiger partial charge on any atom is 0.278 e. The number of carbonyl (C=O) groups is 1. The summed E-state index contributed by atoms with van der Waals surface area (Å²) in [7, 11) is 0. The minimum Gasteiger partial charge on any atom is -0.338 e. The number of fused-ring (bicyclic) bond motifs is 1. The van der Waals surface area contributed by atoms with E-state index in [0.717, 1.165) is 31.5 Å². The first kappa shape index (κ1) is 19.7. The molecule has 0 saturated heterocycles. The van der Waals surface area contributed by atoms with Crippen LogP contribution in [0.2, 0.25) is 10.0 Å². The molecule has 0 fully saturated rings. The van der Waals surface area contributed by atoms with Crippen molar-refractivity contribution in [1.29, 1.82) is 0 Å². The van der Waals surface area contributed by atoms with Crippen molar-refractivity contribution in [3.63, 3.8) is 0 Å². The normalized spacial score (nSPS) is 16.6. The van der Waals surface area contributed by atoms with Crippen molar-refractivity contribution in [3.05, 3.63) is 55.7 Å². The molecule has 0 unspecified atom stereocenters. The van der Waals surface area contributed by atoms with E-state index in [1.807, 2.05) is 17.0 Å². The van der Waals surface area contributed by atoms with Crippen molar-refractivity contribution >= 4 is 40.4 Å². The summed E-state index contributed by atoms with van der Waals surface area (Å²) in [5.74, 6) is 0.175. The number of thiophene rings is 1. The van der Waals surface area contributed by atoms with Crippen LogP contribution in [0.25, 0.3) is 0 Å². The van der Waals surface area contributed by atoms with E-state index in [-0.39, 0.29) is 11.9 Å². The Balaban J connectivity index is 1.81. The van der Waals surface area contributed by atoms with Crippen molar-refractivity contribution in [1.82, 2.24) is 4.90 Å². The number of unbranched alkanes of at least 4 members (excludes halogenated alkanes) is 2. The number of benzene rings is 1. The Hall–Kier alpha value is -1.07. The van der Waals surface area contributed by atoms with Gasteiger partial charge in [-0.25, -0.2) is 0 Å². The van der Waals surface area contributed by atoms with E-state index in [9.17, 15) is 4.79 Å². The zero-order valence-electron chi connectivity index (χ0n) is 15.0. The molecule has 1 aliphatic rings. The molecule has 26 heavy (non-hydrogen) atoms.